The molecular formula is C25H23N3O5S2. The number of rotatable bonds is 7. The monoisotopic (exact) mass is 509 g/mol. The first kappa shape index (κ1) is 23.3. The van der Waals surface area contributed by atoms with E-state index in [2.05, 4.69) is 15.8 Å². The molecule has 4 aromatic rings. The highest BCUT2D eigenvalue weighted by molar-refractivity contribution is 7.99. The van der Waals surface area contributed by atoms with E-state index in [0.717, 1.165) is 18.5 Å². The number of benzene rings is 3. The minimum atomic E-state index is -3.88. The lowest BCUT2D eigenvalue weighted by molar-refractivity contribution is -0.116. The number of methoxy groups -OCH3 is 1. The number of carbonyl (C=O) groups is 1. The van der Waals surface area contributed by atoms with Crippen molar-refractivity contribution >= 4 is 50.2 Å². The van der Waals surface area contributed by atoms with E-state index in [1.807, 2.05) is 23.1 Å². The summed E-state index contributed by atoms with van der Waals surface area (Å²) in [6, 6.07) is 19.2. The average Bonchev–Trinajstić information content (AvgIpc) is 3.29. The van der Waals surface area contributed by atoms with Gasteiger partial charge in [0.05, 0.1) is 23.4 Å². The van der Waals surface area contributed by atoms with Crippen LogP contribution in [0, 0.1) is 0 Å². The van der Waals surface area contributed by atoms with Gasteiger partial charge in [0.25, 0.3) is 15.2 Å². The van der Waals surface area contributed by atoms with Gasteiger partial charge in [-0.3, -0.25) is 9.52 Å². The van der Waals surface area contributed by atoms with Crippen LogP contribution >= 0.6 is 11.8 Å². The zero-order valence-electron chi connectivity index (χ0n) is 18.9. The molecule has 0 unspecified atom stereocenters. The summed E-state index contributed by atoms with van der Waals surface area (Å²) >= 11 is 1.19. The lowest BCUT2D eigenvalue weighted by Crippen LogP contribution is -2.36. The topological polar surface area (TPSA) is 102 Å². The molecule has 1 aliphatic heterocycles. The van der Waals surface area contributed by atoms with Gasteiger partial charge in [-0.05, 0) is 54.8 Å². The number of aryl methyl sites for hydroxylation is 1. The van der Waals surface area contributed by atoms with Crippen LogP contribution in [-0.4, -0.2) is 38.7 Å². The van der Waals surface area contributed by atoms with Gasteiger partial charge in [0.1, 0.15) is 11.3 Å². The fraction of sp³-hybridized carbons (Fsp3) is 0.200. The van der Waals surface area contributed by atoms with Crippen LogP contribution in [0.3, 0.4) is 0 Å². The Labute approximate surface area is 207 Å². The number of sulfonamides is 1. The molecule has 180 valence electrons. The number of nitrogens with one attached hydrogen (secondary N) is 1. The second-order valence-corrected chi connectivity index (χ2v) is 10.6. The first-order valence-corrected chi connectivity index (χ1v) is 13.5. The average molecular weight is 510 g/mol. The molecular weight excluding hydrogens is 486 g/mol. The van der Waals surface area contributed by atoms with E-state index in [1.165, 1.54) is 36.6 Å². The number of para-hydroxylation sites is 3. The second kappa shape index (κ2) is 9.63. The van der Waals surface area contributed by atoms with E-state index in [-0.39, 0.29) is 16.6 Å². The van der Waals surface area contributed by atoms with Gasteiger partial charge in [0.15, 0.2) is 5.58 Å². The summed E-state index contributed by atoms with van der Waals surface area (Å²) < 4.78 is 39.4. The number of hydrogen-bond donors (Lipinski definition) is 1. The Morgan fingerprint density at radius 1 is 1.14 bits per heavy atom. The van der Waals surface area contributed by atoms with E-state index in [0.29, 0.717) is 34.3 Å². The smallest absolute Gasteiger partial charge is 0.262 e. The van der Waals surface area contributed by atoms with Crippen LogP contribution in [0.2, 0.25) is 0 Å². The number of thioether (sulfide) groups is 1. The number of carbonyl (C=O) groups excluding carboxylic acids is 1. The van der Waals surface area contributed by atoms with E-state index in [1.54, 1.807) is 30.3 Å². The number of anilines is 2. The molecule has 0 radical (unpaired) electrons. The predicted octanol–water partition coefficient (Wildman–Crippen LogP) is 4.71. The third kappa shape index (κ3) is 4.85. The van der Waals surface area contributed by atoms with Crippen molar-refractivity contribution in [2.24, 2.45) is 0 Å². The highest BCUT2D eigenvalue weighted by atomic mass is 32.2. The number of nitrogens with zero attached hydrogens (tertiary/aromatic N) is 2. The molecule has 2 heterocycles. The largest absolute Gasteiger partial charge is 0.495 e. The second-order valence-electron chi connectivity index (χ2n) is 7.98. The van der Waals surface area contributed by atoms with Gasteiger partial charge in [-0.1, -0.05) is 42.1 Å². The Hall–Kier alpha value is -3.50. The summed E-state index contributed by atoms with van der Waals surface area (Å²) in [6.45, 7) is 0.685. The SMILES string of the molecule is COc1ccccc1NS(=O)(=O)c1ccc2oc(SCC(=O)N3CCCc4ccccc43)nc2c1. The lowest BCUT2D eigenvalue weighted by Gasteiger charge is -2.29. The number of ether oxygens (including phenoxy) is 1. The predicted molar refractivity (Wildman–Crippen MR) is 136 cm³/mol. The summed E-state index contributed by atoms with van der Waals surface area (Å²) in [5.74, 6) is 0.564. The zero-order valence-corrected chi connectivity index (χ0v) is 20.6. The summed E-state index contributed by atoms with van der Waals surface area (Å²) in [4.78, 5) is 19.1. The van der Waals surface area contributed by atoms with Crippen molar-refractivity contribution in [3.63, 3.8) is 0 Å². The summed E-state index contributed by atoms with van der Waals surface area (Å²) in [7, 11) is -2.40. The van der Waals surface area contributed by atoms with Crippen molar-refractivity contribution < 1.29 is 22.4 Å². The van der Waals surface area contributed by atoms with Crippen molar-refractivity contribution in [1.82, 2.24) is 4.98 Å². The molecule has 0 fully saturated rings. The molecule has 8 nitrogen and oxygen atoms in total. The van der Waals surface area contributed by atoms with E-state index in [9.17, 15) is 13.2 Å². The Bertz CT molecular complexity index is 1500. The van der Waals surface area contributed by atoms with Crippen molar-refractivity contribution in [3.05, 3.63) is 72.3 Å². The molecule has 1 aromatic heterocycles. The molecule has 0 saturated carbocycles. The molecule has 0 saturated heterocycles. The summed E-state index contributed by atoms with van der Waals surface area (Å²) in [5.41, 5.74) is 3.31. The number of oxazole rings is 1. The van der Waals surface area contributed by atoms with E-state index in [4.69, 9.17) is 9.15 Å². The maximum absolute atomic E-state index is 12.9. The van der Waals surface area contributed by atoms with Crippen molar-refractivity contribution in [3.8, 4) is 5.75 Å². The van der Waals surface area contributed by atoms with Crippen LogP contribution in [0.4, 0.5) is 11.4 Å². The fourth-order valence-corrected chi connectivity index (χ4v) is 5.85. The molecule has 10 heteroatoms. The third-order valence-corrected chi connectivity index (χ3v) is 7.91. The molecule has 1 N–H and O–H groups in total. The molecule has 0 spiro atoms. The van der Waals surface area contributed by atoms with Crippen LogP contribution in [0.25, 0.3) is 11.1 Å². The van der Waals surface area contributed by atoms with Crippen LogP contribution in [0.1, 0.15) is 12.0 Å². The van der Waals surface area contributed by atoms with Crippen LogP contribution in [0.5, 0.6) is 5.75 Å². The molecule has 3 aromatic carbocycles. The maximum Gasteiger partial charge on any atom is 0.262 e. The number of fused-ring (bicyclic) bond motifs is 2. The standard InChI is InChI=1S/C25H23N3O5S2/c1-32-22-11-5-3-9-19(22)27-35(30,31)18-12-13-23-20(15-18)26-25(33-23)34-16-24(29)28-14-6-8-17-7-2-4-10-21(17)28/h2-5,7,9-13,15,27H,6,8,14,16H2,1H3. The molecule has 0 bridgehead atoms. The molecule has 35 heavy (non-hydrogen) atoms. The normalized spacial score (nSPS) is 13.5. The third-order valence-electron chi connectivity index (χ3n) is 5.73. The first-order chi connectivity index (χ1) is 16.9. The maximum atomic E-state index is 12.9. The van der Waals surface area contributed by atoms with Gasteiger partial charge >= 0.3 is 0 Å². The van der Waals surface area contributed by atoms with Crippen molar-refractivity contribution in [2.45, 2.75) is 23.0 Å². The van der Waals surface area contributed by atoms with Gasteiger partial charge in [-0.15, -0.1) is 0 Å². The number of hydrogen-bond acceptors (Lipinski definition) is 7. The molecule has 5 rings (SSSR count). The lowest BCUT2D eigenvalue weighted by atomic mass is 10.0. The highest BCUT2D eigenvalue weighted by Gasteiger charge is 2.23. The molecule has 0 aliphatic carbocycles. The van der Waals surface area contributed by atoms with Crippen molar-refractivity contribution in [1.29, 1.82) is 0 Å². The van der Waals surface area contributed by atoms with Gasteiger partial charge < -0.3 is 14.1 Å². The van der Waals surface area contributed by atoms with Gasteiger partial charge in [0, 0.05) is 12.2 Å². The Balaban J connectivity index is 1.31. The first-order valence-electron chi connectivity index (χ1n) is 11.0. The summed E-state index contributed by atoms with van der Waals surface area (Å²) in [6.07, 6.45) is 1.89. The minimum absolute atomic E-state index is 0.0197. The quantitative estimate of drug-likeness (QED) is 0.360. The number of aromatic nitrogens is 1. The Morgan fingerprint density at radius 2 is 1.94 bits per heavy atom. The van der Waals surface area contributed by atoms with Gasteiger partial charge in [-0.25, -0.2) is 13.4 Å². The van der Waals surface area contributed by atoms with Gasteiger partial charge in [0.2, 0.25) is 5.91 Å². The molecule has 0 atom stereocenters. The van der Waals surface area contributed by atoms with E-state index < -0.39 is 10.0 Å². The zero-order chi connectivity index (χ0) is 24.4. The highest BCUT2D eigenvalue weighted by Crippen LogP contribution is 2.31. The van der Waals surface area contributed by atoms with Gasteiger partial charge in [-0.2, -0.15) is 0 Å². The number of amides is 1. The summed E-state index contributed by atoms with van der Waals surface area (Å²) in [5, 5.41) is 0.311. The van der Waals surface area contributed by atoms with Crippen LogP contribution in [0.15, 0.2) is 81.3 Å². The molecule has 1 amide bonds. The Morgan fingerprint density at radius 3 is 2.80 bits per heavy atom. The molecule has 1 aliphatic rings. The fourth-order valence-electron chi connectivity index (χ4n) is 4.04. The Kier molecular flexibility index (Phi) is 6.40. The van der Waals surface area contributed by atoms with Crippen LogP contribution in [-0.2, 0) is 21.2 Å². The van der Waals surface area contributed by atoms with E-state index >= 15 is 0 Å². The van der Waals surface area contributed by atoms with Crippen LogP contribution < -0.4 is 14.4 Å². The minimum Gasteiger partial charge on any atom is -0.495 e. The van der Waals surface area contributed by atoms with Crippen molar-refractivity contribution in [2.75, 3.05) is 29.0 Å².